The molecule has 2 aromatic heterocycles. The zero-order valence-corrected chi connectivity index (χ0v) is 13.3. The Morgan fingerprint density at radius 2 is 2.24 bits per heavy atom. The van der Waals surface area contributed by atoms with Gasteiger partial charge in [-0.25, -0.2) is 9.78 Å². The largest absolute Gasteiger partial charge is 0.477 e. The van der Waals surface area contributed by atoms with Crippen LogP contribution in [-0.4, -0.2) is 32.1 Å². The van der Waals surface area contributed by atoms with E-state index in [9.17, 15) is 4.79 Å². The first-order valence-corrected chi connectivity index (χ1v) is 7.83. The fraction of sp³-hybridized carbons (Fsp3) is 0.467. The molecule has 0 radical (unpaired) electrons. The van der Waals surface area contributed by atoms with Crippen molar-refractivity contribution in [3.8, 4) is 0 Å². The van der Waals surface area contributed by atoms with E-state index in [0.29, 0.717) is 4.88 Å². The first-order valence-electron chi connectivity index (χ1n) is 7.01. The molecule has 0 saturated heterocycles. The van der Waals surface area contributed by atoms with Gasteiger partial charge in [-0.05, 0) is 31.9 Å². The Bertz CT molecular complexity index is 702. The molecule has 1 aliphatic rings. The number of fused-ring (bicyclic) bond motifs is 1. The third-order valence-corrected chi connectivity index (χ3v) is 5.40. The van der Waals surface area contributed by atoms with Crippen molar-refractivity contribution in [3.63, 3.8) is 0 Å². The number of carboxylic acids is 1. The van der Waals surface area contributed by atoms with Crippen LogP contribution in [0.2, 0.25) is 0 Å². The van der Waals surface area contributed by atoms with Crippen LogP contribution in [0.5, 0.6) is 0 Å². The summed E-state index contributed by atoms with van der Waals surface area (Å²) in [6.45, 7) is 6.70. The second-order valence-corrected chi connectivity index (χ2v) is 6.72. The van der Waals surface area contributed by atoms with Crippen LogP contribution in [0, 0.1) is 13.8 Å². The third-order valence-electron chi connectivity index (χ3n) is 4.25. The summed E-state index contributed by atoms with van der Waals surface area (Å²) in [6, 6.07) is 1.83. The van der Waals surface area contributed by atoms with Crippen molar-refractivity contribution in [2.45, 2.75) is 33.4 Å². The smallest absolute Gasteiger partial charge is 0.345 e. The molecule has 21 heavy (non-hydrogen) atoms. The minimum Gasteiger partial charge on any atom is -0.477 e. The maximum absolute atomic E-state index is 11.1. The summed E-state index contributed by atoms with van der Waals surface area (Å²) >= 11 is 1.40. The van der Waals surface area contributed by atoms with Gasteiger partial charge in [-0.3, -0.25) is 4.90 Å². The van der Waals surface area contributed by atoms with E-state index in [0.717, 1.165) is 37.6 Å². The highest BCUT2D eigenvalue weighted by Crippen LogP contribution is 2.29. The molecular formula is C15H19N3O2S. The predicted octanol–water partition coefficient (Wildman–Crippen LogP) is 2.35. The molecule has 1 aliphatic heterocycles. The van der Waals surface area contributed by atoms with Gasteiger partial charge in [0.15, 0.2) is 0 Å². The van der Waals surface area contributed by atoms with Crippen LogP contribution in [0.1, 0.15) is 37.3 Å². The molecule has 0 atom stereocenters. The third kappa shape index (κ3) is 2.61. The van der Waals surface area contributed by atoms with Gasteiger partial charge < -0.3 is 9.67 Å². The molecule has 0 unspecified atom stereocenters. The normalized spacial score (nSPS) is 15.2. The highest BCUT2D eigenvalue weighted by atomic mass is 32.1. The molecular weight excluding hydrogens is 286 g/mol. The molecule has 3 rings (SSSR count). The molecule has 0 aliphatic carbocycles. The van der Waals surface area contributed by atoms with E-state index in [-0.39, 0.29) is 0 Å². The number of rotatable bonds is 3. The molecule has 0 fully saturated rings. The van der Waals surface area contributed by atoms with E-state index in [2.05, 4.69) is 21.4 Å². The topological polar surface area (TPSA) is 58.4 Å². The molecule has 0 saturated carbocycles. The van der Waals surface area contributed by atoms with E-state index >= 15 is 0 Å². The van der Waals surface area contributed by atoms with E-state index in [1.165, 1.54) is 27.5 Å². The van der Waals surface area contributed by atoms with Crippen molar-refractivity contribution >= 4 is 17.3 Å². The average Bonchev–Trinajstić information content (AvgIpc) is 2.96. The zero-order chi connectivity index (χ0) is 15.1. The zero-order valence-electron chi connectivity index (χ0n) is 12.5. The highest BCUT2D eigenvalue weighted by Gasteiger charge is 2.22. The number of aromatic nitrogens is 2. The predicted molar refractivity (Wildman–Crippen MR) is 81.8 cm³/mol. The van der Waals surface area contributed by atoms with E-state index in [1.54, 1.807) is 0 Å². The molecule has 5 nitrogen and oxygen atoms in total. The van der Waals surface area contributed by atoms with Crippen molar-refractivity contribution in [1.29, 1.82) is 0 Å². The highest BCUT2D eigenvalue weighted by molar-refractivity contribution is 7.14. The molecule has 3 heterocycles. The number of hydrogen-bond acceptors (Lipinski definition) is 4. The van der Waals surface area contributed by atoms with Crippen molar-refractivity contribution in [1.82, 2.24) is 14.5 Å². The summed E-state index contributed by atoms with van der Waals surface area (Å²) in [4.78, 5) is 19.7. The lowest BCUT2D eigenvalue weighted by molar-refractivity contribution is 0.0702. The second kappa shape index (κ2) is 5.27. The summed E-state index contributed by atoms with van der Waals surface area (Å²) in [5, 5.41) is 9.09. The summed E-state index contributed by atoms with van der Waals surface area (Å²) in [5.74, 6) is 0.250. The lowest BCUT2D eigenvalue weighted by Crippen LogP contribution is -2.30. The van der Waals surface area contributed by atoms with Crippen LogP contribution in [0.4, 0.5) is 0 Å². The Kier molecular flexibility index (Phi) is 3.59. The van der Waals surface area contributed by atoms with Gasteiger partial charge in [-0.1, -0.05) is 0 Å². The minimum atomic E-state index is -0.823. The summed E-state index contributed by atoms with van der Waals surface area (Å²) < 4.78 is 2.14. The van der Waals surface area contributed by atoms with Crippen LogP contribution < -0.4 is 0 Å². The Labute approximate surface area is 127 Å². The maximum Gasteiger partial charge on any atom is 0.345 e. The van der Waals surface area contributed by atoms with E-state index in [4.69, 9.17) is 5.11 Å². The van der Waals surface area contributed by atoms with Gasteiger partial charge in [0, 0.05) is 30.7 Å². The van der Waals surface area contributed by atoms with Gasteiger partial charge in [0.05, 0.1) is 12.2 Å². The van der Waals surface area contributed by atoms with Gasteiger partial charge >= 0.3 is 5.97 Å². The van der Waals surface area contributed by atoms with Crippen LogP contribution in [0.3, 0.4) is 0 Å². The lowest BCUT2D eigenvalue weighted by Gasteiger charge is -2.26. The quantitative estimate of drug-likeness (QED) is 0.945. The first-order chi connectivity index (χ1) is 9.95. The fourth-order valence-electron chi connectivity index (χ4n) is 2.74. The van der Waals surface area contributed by atoms with Crippen molar-refractivity contribution < 1.29 is 9.90 Å². The number of aryl methyl sites for hydroxylation is 1. The Morgan fingerprint density at radius 1 is 1.48 bits per heavy atom. The average molecular weight is 305 g/mol. The van der Waals surface area contributed by atoms with Gasteiger partial charge in [-0.2, -0.15) is 0 Å². The minimum absolute atomic E-state index is 0.450. The maximum atomic E-state index is 11.1. The molecule has 2 aromatic rings. The van der Waals surface area contributed by atoms with E-state index < -0.39 is 5.97 Å². The molecule has 112 valence electrons. The Balaban J connectivity index is 1.77. The molecule has 0 spiro atoms. The SMILES string of the molecule is Cc1nc(CN2CCc3cc(C(=O)O)sc3C2)n(C)c1C. The van der Waals surface area contributed by atoms with Crippen LogP contribution >= 0.6 is 11.3 Å². The Morgan fingerprint density at radius 3 is 2.86 bits per heavy atom. The number of carbonyl (C=O) groups is 1. The molecule has 6 heteroatoms. The van der Waals surface area contributed by atoms with Crippen LogP contribution in [-0.2, 0) is 26.6 Å². The Hall–Kier alpha value is -1.66. The second-order valence-electron chi connectivity index (χ2n) is 5.58. The molecule has 1 N–H and O–H groups in total. The number of nitrogens with zero attached hydrogens (tertiary/aromatic N) is 3. The van der Waals surface area contributed by atoms with Gasteiger partial charge in [0.2, 0.25) is 0 Å². The molecule has 0 amide bonds. The number of carboxylic acid groups (broad SMARTS) is 1. The lowest BCUT2D eigenvalue weighted by atomic mass is 10.1. The van der Waals surface area contributed by atoms with Crippen molar-refractivity contribution in [2.24, 2.45) is 7.05 Å². The van der Waals surface area contributed by atoms with Crippen molar-refractivity contribution in [2.75, 3.05) is 6.54 Å². The number of thiophene rings is 1. The summed E-state index contributed by atoms with van der Waals surface area (Å²) in [7, 11) is 2.05. The van der Waals surface area contributed by atoms with Crippen LogP contribution in [0.15, 0.2) is 6.07 Å². The van der Waals surface area contributed by atoms with Gasteiger partial charge in [0.25, 0.3) is 0 Å². The summed E-state index contributed by atoms with van der Waals surface area (Å²) in [6.07, 6.45) is 0.918. The number of hydrogen-bond donors (Lipinski definition) is 1. The molecule has 0 bridgehead atoms. The monoisotopic (exact) mass is 305 g/mol. The summed E-state index contributed by atoms with van der Waals surface area (Å²) in [5.41, 5.74) is 3.47. The number of imidazole rings is 1. The van der Waals surface area contributed by atoms with Crippen molar-refractivity contribution in [3.05, 3.63) is 38.6 Å². The number of aromatic carboxylic acids is 1. The van der Waals surface area contributed by atoms with Crippen LogP contribution in [0.25, 0.3) is 0 Å². The van der Waals surface area contributed by atoms with Gasteiger partial charge in [0.1, 0.15) is 10.7 Å². The van der Waals surface area contributed by atoms with Gasteiger partial charge in [-0.15, -0.1) is 11.3 Å². The standard InChI is InChI=1S/C15H19N3O2S/c1-9-10(2)17(3)14(16-9)8-18-5-4-11-6-12(15(19)20)21-13(11)7-18/h6H,4-5,7-8H2,1-3H3,(H,19,20). The first kappa shape index (κ1) is 14.3. The van der Waals surface area contributed by atoms with E-state index in [1.807, 2.05) is 20.0 Å². The molecule has 0 aromatic carbocycles. The fourth-order valence-corrected chi connectivity index (χ4v) is 3.83.